The average Bonchev–Trinajstić information content (AvgIpc) is 2.29. The second-order valence-electron chi connectivity index (χ2n) is 4.05. The highest BCUT2D eigenvalue weighted by Crippen LogP contribution is 2.36. The minimum atomic E-state index is 0.964. The van der Waals surface area contributed by atoms with Crippen molar-refractivity contribution in [3.63, 3.8) is 0 Å². The summed E-state index contributed by atoms with van der Waals surface area (Å²) in [6, 6.07) is 0. The lowest BCUT2D eigenvalue weighted by Crippen LogP contribution is -2.13. The van der Waals surface area contributed by atoms with E-state index in [1.807, 2.05) is 7.05 Å². The molecule has 0 unspecified atom stereocenters. The first-order valence-corrected chi connectivity index (χ1v) is 6.30. The molecule has 1 N–H and O–H groups in total. The van der Waals surface area contributed by atoms with Gasteiger partial charge in [-0.05, 0) is 63.0 Å². The van der Waals surface area contributed by atoms with Gasteiger partial charge in [0.2, 0.25) is 0 Å². The van der Waals surface area contributed by atoms with E-state index < -0.39 is 0 Å². The van der Waals surface area contributed by atoms with Gasteiger partial charge in [0.05, 0.1) is 7.11 Å². The van der Waals surface area contributed by atoms with Crippen LogP contribution in [0.15, 0.2) is 4.47 Å². The maximum Gasteiger partial charge on any atom is 0.125 e. The summed E-state index contributed by atoms with van der Waals surface area (Å²) in [7, 11) is 3.72. The number of ether oxygens (including phenoxy) is 1. The van der Waals surface area contributed by atoms with Crippen LogP contribution in [0.4, 0.5) is 0 Å². The highest BCUT2D eigenvalue weighted by atomic mass is 79.9. The molecule has 0 aliphatic carbocycles. The Kier molecular flexibility index (Phi) is 4.81. The molecule has 0 aliphatic rings. The van der Waals surface area contributed by atoms with E-state index in [1.165, 1.54) is 26.7 Å². The summed E-state index contributed by atoms with van der Waals surface area (Å²) in [4.78, 5) is 0. The average molecular weight is 286 g/mol. The van der Waals surface area contributed by atoms with Crippen molar-refractivity contribution in [3.8, 4) is 5.75 Å². The fourth-order valence-electron chi connectivity index (χ4n) is 1.97. The number of hydrogen-bond donors (Lipinski definition) is 1. The minimum absolute atomic E-state index is 0.964. The molecule has 0 saturated carbocycles. The lowest BCUT2D eigenvalue weighted by atomic mass is 9.97. The van der Waals surface area contributed by atoms with E-state index in [-0.39, 0.29) is 0 Å². The molecule has 0 saturated heterocycles. The Hall–Kier alpha value is -0.540. The Bertz CT molecular complexity index is 388. The molecule has 1 aromatic carbocycles. The molecule has 90 valence electrons. The normalized spacial score (nSPS) is 10.6. The topological polar surface area (TPSA) is 21.3 Å². The van der Waals surface area contributed by atoms with Crippen LogP contribution in [-0.4, -0.2) is 20.7 Å². The highest BCUT2D eigenvalue weighted by Gasteiger charge is 2.15. The highest BCUT2D eigenvalue weighted by molar-refractivity contribution is 9.10. The predicted octanol–water partition coefficient (Wildman–Crippen LogP) is 3.14. The molecule has 0 atom stereocenters. The van der Waals surface area contributed by atoms with Crippen molar-refractivity contribution in [1.29, 1.82) is 0 Å². The van der Waals surface area contributed by atoms with Gasteiger partial charge in [-0.2, -0.15) is 0 Å². The Morgan fingerprint density at radius 2 is 1.75 bits per heavy atom. The Labute approximate surface area is 107 Å². The molecule has 0 fully saturated rings. The van der Waals surface area contributed by atoms with Gasteiger partial charge >= 0.3 is 0 Å². The summed E-state index contributed by atoms with van der Waals surface area (Å²) in [5, 5.41) is 3.18. The van der Waals surface area contributed by atoms with E-state index in [4.69, 9.17) is 4.74 Å². The second-order valence-corrected chi connectivity index (χ2v) is 4.85. The molecular formula is C13H20BrNO. The lowest BCUT2D eigenvalue weighted by Gasteiger charge is -2.18. The van der Waals surface area contributed by atoms with Gasteiger partial charge < -0.3 is 10.1 Å². The Morgan fingerprint density at radius 3 is 2.25 bits per heavy atom. The van der Waals surface area contributed by atoms with Crippen LogP contribution in [0.25, 0.3) is 0 Å². The molecule has 2 nitrogen and oxygen atoms in total. The first-order valence-electron chi connectivity index (χ1n) is 5.51. The van der Waals surface area contributed by atoms with Gasteiger partial charge in [0, 0.05) is 4.47 Å². The lowest BCUT2D eigenvalue weighted by molar-refractivity contribution is 0.405. The summed E-state index contributed by atoms with van der Waals surface area (Å²) in [5.74, 6) is 1.04. The van der Waals surface area contributed by atoms with Crippen LogP contribution in [0.3, 0.4) is 0 Å². The van der Waals surface area contributed by atoms with Gasteiger partial charge in [0.25, 0.3) is 0 Å². The first kappa shape index (κ1) is 13.5. The van der Waals surface area contributed by atoms with Crippen LogP contribution in [0.2, 0.25) is 0 Å². The summed E-state index contributed by atoms with van der Waals surface area (Å²) in [5.41, 5.74) is 5.08. The molecule has 0 radical (unpaired) electrons. The Balaban J connectivity index is 3.33. The first-order chi connectivity index (χ1) is 7.54. The SMILES string of the molecule is CNCCc1c(C)c(Br)c(C)c(C)c1OC. The molecule has 0 heterocycles. The molecule has 0 bridgehead atoms. The van der Waals surface area contributed by atoms with Crippen LogP contribution >= 0.6 is 15.9 Å². The maximum atomic E-state index is 5.54. The third kappa shape index (κ3) is 2.41. The van der Waals surface area contributed by atoms with Crippen molar-refractivity contribution in [2.45, 2.75) is 27.2 Å². The number of halogens is 1. The monoisotopic (exact) mass is 285 g/mol. The van der Waals surface area contributed by atoms with Gasteiger partial charge in [-0.1, -0.05) is 15.9 Å². The molecule has 3 heteroatoms. The molecule has 0 amide bonds. The van der Waals surface area contributed by atoms with Crippen molar-refractivity contribution < 1.29 is 4.74 Å². The summed E-state index contributed by atoms with van der Waals surface area (Å²) < 4.78 is 6.75. The number of likely N-dealkylation sites (N-methyl/N-ethyl adjacent to an activating group) is 1. The zero-order valence-corrected chi connectivity index (χ0v) is 12.3. The van der Waals surface area contributed by atoms with E-state index >= 15 is 0 Å². The van der Waals surface area contributed by atoms with Crippen LogP contribution in [-0.2, 0) is 6.42 Å². The fourth-order valence-corrected chi connectivity index (χ4v) is 2.51. The third-order valence-corrected chi connectivity index (χ3v) is 4.31. The molecule has 0 spiro atoms. The quantitative estimate of drug-likeness (QED) is 0.918. The third-order valence-electron chi connectivity index (χ3n) is 3.12. The van der Waals surface area contributed by atoms with Crippen molar-refractivity contribution in [3.05, 3.63) is 26.7 Å². The van der Waals surface area contributed by atoms with Crippen LogP contribution in [0.5, 0.6) is 5.75 Å². The number of nitrogens with one attached hydrogen (secondary N) is 1. The zero-order valence-electron chi connectivity index (χ0n) is 10.7. The van der Waals surface area contributed by atoms with Crippen LogP contribution in [0, 0.1) is 20.8 Å². The van der Waals surface area contributed by atoms with Gasteiger partial charge in [-0.3, -0.25) is 0 Å². The second kappa shape index (κ2) is 5.69. The number of methoxy groups -OCH3 is 1. The van der Waals surface area contributed by atoms with Gasteiger partial charge in [0.1, 0.15) is 5.75 Å². The largest absolute Gasteiger partial charge is 0.496 e. The van der Waals surface area contributed by atoms with E-state index in [0.29, 0.717) is 0 Å². The van der Waals surface area contributed by atoms with Crippen molar-refractivity contribution in [2.24, 2.45) is 0 Å². The van der Waals surface area contributed by atoms with E-state index in [9.17, 15) is 0 Å². The van der Waals surface area contributed by atoms with Gasteiger partial charge in [-0.15, -0.1) is 0 Å². The molecule has 0 aliphatic heterocycles. The molecule has 1 aromatic rings. The zero-order chi connectivity index (χ0) is 12.3. The molecule has 1 rings (SSSR count). The van der Waals surface area contributed by atoms with Crippen LogP contribution in [0.1, 0.15) is 22.3 Å². The summed E-state index contributed by atoms with van der Waals surface area (Å²) in [6.45, 7) is 7.34. The van der Waals surface area contributed by atoms with Crippen molar-refractivity contribution in [2.75, 3.05) is 20.7 Å². The van der Waals surface area contributed by atoms with E-state index in [1.54, 1.807) is 7.11 Å². The van der Waals surface area contributed by atoms with E-state index in [0.717, 1.165) is 18.7 Å². The van der Waals surface area contributed by atoms with Crippen LogP contribution < -0.4 is 10.1 Å². The molecule has 0 aromatic heterocycles. The predicted molar refractivity (Wildman–Crippen MR) is 72.5 cm³/mol. The van der Waals surface area contributed by atoms with Crippen molar-refractivity contribution >= 4 is 15.9 Å². The van der Waals surface area contributed by atoms with Gasteiger partial charge in [-0.25, -0.2) is 0 Å². The molecule has 16 heavy (non-hydrogen) atoms. The summed E-state index contributed by atoms with van der Waals surface area (Å²) >= 11 is 3.66. The summed E-state index contributed by atoms with van der Waals surface area (Å²) in [6.07, 6.45) is 0.991. The minimum Gasteiger partial charge on any atom is -0.496 e. The number of rotatable bonds is 4. The number of hydrogen-bond acceptors (Lipinski definition) is 2. The van der Waals surface area contributed by atoms with Gasteiger partial charge in [0.15, 0.2) is 0 Å². The van der Waals surface area contributed by atoms with Crippen molar-refractivity contribution in [1.82, 2.24) is 5.32 Å². The Morgan fingerprint density at radius 1 is 1.12 bits per heavy atom. The fraction of sp³-hybridized carbons (Fsp3) is 0.538. The smallest absolute Gasteiger partial charge is 0.125 e. The standard InChI is InChI=1S/C13H20BrNO/c1-8-9(2)13(16-5)11(6-7-15-4)10(3)12(8)14/h15H,6-7H2,1-5H3. The number of benzene rings is 1. The molecular weight excluding hydrogens is 266 g/mol. The van der Waals surface area contributed by atoms with E-state index in [2.05, 4.69) is 42.0 Å². The maximum absolute atomic E-state index is 5.54.